The van der Waals surface area contributed by atoms with Crippen LogP contribution >= 0.6 is 0 Å². The number of nitrogens with one attached hydrogen (secondary N) is 1. The van der Waals surface area contributed by atoms with E-state index in [1.54, 1.807) is 6.20 Å². The van der Waals surface area contributed by atoms with Gasteiger partial charge in [-0.3, -0.25) is 9.78 Å². The lowest BCUT2D eigenvalue weighted by Crippen LogP contribution is -2.50. The highest BCUT2D eigenvalue weighted by atomic mass is 16.6. The molecular formula is C27H46N4O3. The van der Waals surface area contributed by atoms with Gasteiger partial charge in [0, 0.05) is 57.1 Å². The van der Waals surface area contributed by atoms with Crippen molar-refractivity contribution >= 4 is 12.0 Å². The first-order valence-corrected chi connectivity index (χ1v) is 12.6. The summed E-state index contributed by atoms with van der Waals surface area (Å²) in [5.41, 5.74) is 1.76. The third-order valence-corrected chi connectivity index (χ3v) is 6.28. The smallest absolute Gasteiger partial charge is 0.407 e. The molecule has 2 rings (SSSR count). The van der Waals surface area contributed by atoms with Crippen molar-refractivity contribution in [2.75, 3.05) is 19.6 Å². The molecule has 34 heavy (non-hydrogen) atoms. The van der Waals surface area contributed by atoms with Gasteiger partial charge in [-0.2, -0.15) is 0 Å². The van der Waals surface area contributed by atoms with Crippen molar-refractivity contribution in [3.63, 3.8) is 0 Å². The SMILES string of the molecule is Cc1ccncc1CN(C(=O)CC(C)(C)C)C1CCN(C(C)CCNC(=O)OC(C)(C)C)CC1. The zero-order chi connectivity index (χ0) is 25.5. The zero-order valence-electron chi connectivity index (χ0n) is 22.6. The van der Waals surface area contributed by atoms with Gasteiger partial charge in [0.25, 0.3) is 0 Å². The molecule has 1 aromatic heterocycles. The number of piperidine rings is 1. The van der Waals surface area contributed by atoms with Gasteiger partial charge < -0.3 is 19.9 Å². The number of pyridine rings is 1. The average molecular weight is 475 g/mol. The fourth-order valence-electron chi connectivity index (χ4n) is 4.34. The maximum absolute atomic E-state index is 13.3. The molecule has 1 N–H and O–H groups in total. The predicted molar refractivity (Wildman–Crippen MR) is 137 cm³/mol. The van der Waals surface area contributed by atoms with Gasteiger partial charge in [-0.15, -0.1) is 0 Å². The summed E-state index contributed by atoms with van der Waals surface area (Å²) in [4.78, 5) is 34.1. The van der Waals surface area contributed by atoms with Crippen LogP contribution in [0.1, 0.15) is 85.3 Å². The minimum atomic E-state index is -0.484. The lowest BCUT2D eigenvalue weighted by Gasteiger charge is -2.41. The minimum absolute atomic E-state index is 0.0460. The van der Waals surface area contributed by atoms with Crippen molar-refractivity contribution in [3.8, 4) is 0 Å². The number of hydrogen-bond acceptors (Lipinski definition) is 5. The molecule has 7 nitrogen and oxygen atoms in total. The van der Waals surface area contributed by atoms with Crippen LogP contribution in [0.25, 0.3) is 0 Å². The van der Waals surface area contributed by atoms with Crippen LogP contribution in [0.2, 0.25) is 0 Å². The topological polar surface area (TPSA) is 74.8 Å². The first-order chi connectivity index (χ1) is 15.7. The number of likely N-dealkylation sites (tertiary alicyclic amines) is 1. The fraction of sp³-hybridized carbons (Fsp3) is 0.741. The Labute approximate surface area is 206 Å². The Bertz CT molecular complexity index is 805. The summed E-state index contributed by atoms with van der Waals surface area (Å²) in [5.74, 6) is 0.226. The molecule has 1 fully saturated rings. The summed E-state index contributed by atoms with van der Waals surface area (Å²) in [7, 11) is 0. The number of carbonyl (C=O) groups excluding carboxylic acids is 2. The molecule has 0 aromatic carbocycles. The third kappa shape index (κ3) is 9.61. The van der Waals surface area contributed by atoms with Crippen LogP contribution in [0.4, 0.5) is 4.79 Å². The lowest BCUT2D eigenvalue weighted by molar-refractivity contribution is -0.137. The Morgan fingerprint density at radius 2 is 1.85 bits per heavy atom. The van der Waals surface area contributed by atoms with E-state index in [9.17, 15) is 9.59 Å². The Hall–Kier alpha value is -2.15. The lowest BCUT2D eigenvalue weighted by atomic mass is 9.90. The number of amides is 2. The molecule has 1 atom stereocenters. The van der Waals surface area contributed by atoms with Crippen LogP contribution in [0.5, 0.6) is 0 Å². The van der Waals surface area contributed by atoms with Crippen molar-refractivity contribution in [2.24, 2.45) is 5.41 Å². The molecule has 1 saturated heterocycles. The normalized spacial score (nSPS) is 16.7. The number of nitrogens with zero attached hydrogens (tertiary/aromatic N) is 3. The molecule has 2 amide bonds. The summed E-state index contributed by atoms with van der Waals surface area (Å²) in [6.07, 6.45) is 6.65. The van der Waals surface area contributed by atoms with Gasteiger partial charge in [0.05, 0.1) is 0 Å². The maximum atomic E-state index is 13.3. The van der Waals surface area contributed by atoms with Gasteiger partial charge >= 0.3 is 6.09 Å². The molecule has 0 radical (unpaired) electrons. The summed E-state index contributed by atoms with van der Waals surface area (Å²) in [6.45, 7) is 19.3. The second-order valence-corrected chi connectivity index (χ2v) is 11.9. The monoisotopic (exact) mass is 474 g/mol. The van der Waals surface area contributed by atoms with Crippen LogP contribution < -0.4 is 5.32 Å². The Kier molecular flexibility index (Phi) is 9.92. The predicted octanol–water partition coefficient (Wildman–Crippen LogP) is 4.92. The number of aryl methyl sites for hydroxylation is 1. The molecule has 0 spiro atoms. The van der Waals surface area contributed by atoms with Gasteiger partial charge in [0.1, 0.15) is 5.60 Å². The van der Waals surface area contributed by atoms with E-state index >= 15 is 0 Å². The maximum Gasteiger partial charge on any atom is 0.407 e. The quantitative estimate of drug-likeness (QED) is 0.579. The Morgan fingerprint density at radius 1 is 1.21 bits per heavy atom. The highest BCUT2D eigenvalue weighted by molar-refractivity contribution is 5.77. The van der Waals surface area contributed by atoms with Crippen molar-refractivity contribution in [3.05, 3.63) is 29.6 Å². The summed E-state index contributed by atoms with van der Waals surface area (Å²) >= 11 is 0. The Morgan fingerprint density at radius 3 is 2.41 bits per heavy atom. The molecule has 0 saturated carbocycles. The number of alkyl carbamates (subject to hydrolysis) is 1. The van der Waals surface area contributed by atoms with Crippen molar-refractivity contribution < 1.29 is 14.3 Å². The van der Waals surface area contributed by atoms with E-state index in [2.05, 4.69) is 54.7 Å². The molecule has 1 aliphatic rings. The van der Waals surface area contributed by atoms with Gasteiger partial charge in [-0.25, -0.2) is 4.79 Å². The molecule has 0 aliphatic carbocycles. The Balaban J connectivity index is 1.93. The summed E-state index contributed by atoms with van der Waals surface area (Å²) in [5, 5.41) is 2.86. The molecule has 1 aliphatic heterocycles. The standard InChI is InChI=1S/C27H46N4O3/c1-20-9-13-28-18-22(20)19-31(24(32)17-26(3,4)5)23-11-15-30(16-12-23)21(2)10-14-29-25(33)34-27(6,7)8/h9,13,18,21,23H,10-12,14-17,19H2,1-8H3,(H,29,33). The highest BCUT2D eigenvalue weighted by Crippen LogP contribution is 2.26. The molecule has 7 heteroatoms. The van der Waals surface area contributed by atoms with Gasteiger partial charge in [0.2, 0.25) is 5.91 Å². The second kappa shape index (κ2) is 12.0. The van der Waals surface area contributed by atoms with E-state index < -0.39 is 5.60 Å². The van der Waals surface area contributed by atoms with E-state index in [1.807, 2.05) is 33.0 Å². The first kappa shape index (κ1) is 28.1. The van der Waals surface area contributed by atoms with E-state index in [-0.39, 0.29) is 23.5 Å². The number of hydrogen-bond donors (Lipinski definition) is 1. The number of carbonyl (C=O) groups is 2. The average Bonchev–Trinajstić information content (AvgIpc) is 2.70. The van der Waals surface area contributed by atoms with E-state index in [1.165, 1.54) is 5.56 Å². The molecule has 1 aromatic rings. The largest absolute Gasteiger partial charge is 0.444 e. The van der Waals surface area contributed by atoms with Crippen LogP contribution in [0, 0.1) is 12.3 Å². The van der Waals surface area contributed by atoms with Crippen molar-refractivity contribution in [1.29, 1.82) is 0 Å². The van der Waals surface area contributed by atoms with E-state index in [0.29, 0.717) is 25.6 Å². The van der Waals surface area contributed by atoms with E-state index in [4.69, 9.17) is 4.74 Å². The molecular weight excluding hydrogens is 428 g/mol. The summed E-state index contributed by atoms with van der Waals surface area (Å²) in [6, 6.07) is 2.60. The number of aromatic nitrogens is 1. The first-order valence-electron chi connectivity index (χ1n) is 12.6. The van der Waals surface area contributed by atoms with Gasteiger partial charge in [-0.1, -0.05) is 20.8 Å². The zero-order valence-corrected chi connectivity index (χ0v) is 22.6. The van der Waals surface area contributed by atoms with Gasteiger partial charge in [-0.05, 0) is 76.5 Å². The molecule has 2 heterocycles. The molecule has 192 valence electrons. The molecule has 1 unspecified atom stereocenters. The third-order valence-electron chi connectivity index (χ3n) is 6.28. The molecule has 0 bridgehead atoms. The number of ether oxygens (including phenoxy) is 1. The second-order valence-electron chi connectivity index (χ2n) is 11.9. The highest BCUT2D eigenvalue weighted by Gasteiger charge is 2.31. The summed E-state index contributed by atoms with van der Waals surface area (Å²) < 4.78 is 5.31. The minimum Gasteiger partial charge on any atom is -0.444 e. The van der Waals surface area contributed by atoms with Crippen LogP contribution in [-0.2, 0) is 16.1 Å². The van der Waals surface area contributed by atoms with Crippen LogP contribution in [0.15, 0.2) is 18.5 Å². The van der Waals surface area contributed by atoms with Crippen LogP contribution in [-0.4, -0.2) is 64.1 Å². The fourth-order valence-corrected chi connectivity index (χ4v) is 4.34. The van der Waals surface area contributed by atoms with E-state index in [0.717, 1.165) is 37.9 Å². The van der Waals surface area contributed by atoms with Gasteiger partial charge in [0.15, 0.2) is 0 Å². The van der Waals surface area contributed by atoms with Crippen LogP contribution in [0.3, 0.4) is 0 Å². The van der Waals surface area contributed by atoms with Crippen molar-refractivity contribution in [2.45, 2.75) is 105 Å². The number of rotatable bonds is 8. The van der Waals surface area contributed by atoms with Crippen molar-refractivity contribution in [1.82, 2.24) is 20.1 Å².